The number of nitrogens with zero attached hydrogens (tertiary/aromatic N) is 1. The van der Waals surface area contributed by atoms with E-state index in [0.29, 0.717) is 0 Å². The van der Waals surface area contributed by atoms with Crippen molar-refractivity contribution >= 4 is 56.9 Å². The zero-order chi connectivity index (χ0) is 27.9. The summed E-state index contributed by atoms with van der Waals surface area (Å²) in [6, 6.07) is 43.1. The highest BCUT2D eigenvalue weighted by atomic mass is 15.2. The third-order valence-electron chi connectivity index (χ3n) is 7.17. The standard InChI is InChI=1S/C34H36N6/c1-35-25-5-13-29(14-6-25)39(30-15-7-26(36-2)8-16-30)33-21-23-34(24-22-33)40(31-17-9-27(37-3)10-18-31)32-19-11-28(38-4)12-20-32/h5-24,35-38H,1-4H3/p+1. The number of quaternary nitrogens is 1. The van der Waals surface area contributed by atoms with Crippen LogP contribution in [0.2, 0.25) is 0 Å². The monoisotopic (exact) mass is 529 g/mol. The summed E-state index contributed by atoms with van der Waals surface area (Å²) in [5, 5.41) is 12.9. The van der Waals surface area contributed by atoms with E-state index >= 15 is 0 Å². The Hall–Kier alpha value is -4.94. The topological polar surface area (TPSA) is 55.8 Å². The van der Waals surface area contributed by atoms with E-state index in [1.54, 1.807) is 0 Å². The Balaban J connectivity index is 1.56. The number of hydrogen-bond donors (Lipinski definition) is 5. The molecule has 6 heteroatoms. The first-order chi connectivity index (χ1) is 19.6. The number of nitrogens with one attached hydrogen (secondary N) is 5. The van der Waals surface area contributed by atoms with Gasteiger partial charge in [-0.25, -0.2) is 4.90 Å². The van der Waals surface area contributed by atoms with Crippen molar-refractivity contribution < 1.29 is 4.90 Å². The molecular formula is C34H37N6+. The van der Waals surface area contributed by atoms with E-state index in [2.05, 4.69) is 147 Å². The summed E-state index contributed by atoms with van der Waals surface area (Å²) in [6.45, 7) is 0. The first-order valence-corrected chi connectivity index (χ1v) is 13.5. The maximum absolute atomic E-state index is 3.22. The van der Waals surface area contributed by atoms with Gasteiger partial charge in [0, 0.05) is 104 Å². The van der Waals surface area contributed by atoms with Crippen LogP contribution in [0, 0.1) is 0 Å². The predicted octanol–water partition coefficient (Wildman–Crippen LogP) is 7.50. The smallest absolute Gasteiger partial charge is 0.141 e. The van der Waals surface area contributed by atoms with Gasteiger partial charge in [-0.1, -0.05) is 0 Å². The van der Waals surface area contributed by atoms with Crippen LogP contribution in [0.15, 0.2) is 121 Å². The van der Waals surface area contributed by atoms with Crippen LogP contribution in [0.4, 0.5) is 56.9 Å². The molecule has 0 aliphatic carbocycles. The summed E-state index contributed by atoms with van der Waals surface area (Å²) in [5.41, 5.74) is 11.1. The van der Waals surface area contributed by atoms with Crippen LogP contribution < -0.4 is 31.1 Å². The summed E-state index contributed by atoms with van der Waals surface area (Å²) in [6.07, 6.45) is 0. The van der Waals surface area contributed by atoms with Crippen LogP contribution in [-0.2, 0) is 0 Å². The van der Waals surface area contributed by atoms with Gasteiger partial charge in [0.15, 0.2) is 0 Å². The SMILES string of the molecule is CNc1ccc(N(c2ccc(NC)cc2)c2ccc([NH+](c3ccc(NC)cc3)c3ccc(NC)cc3)cc2)cc1. The quantitative estimate of drug-likeness (QED) is 0.130. The van der Waals surface area contributed by atoms with Gasteiger partial charge in [0.25, 0.3) is 0 Å². The third kappa shape index (κ3) is 5.72. The summed E-state index contributed by atoms with van der Waals surface area (Å²) < 4.78 is 0. The highest BCUT2D eigenvalue weighted by Crippen LogP contribution is 2.36. The molecular weight excluding hydrogens is 492 g/mol. The molecule has 0 spiro atoms. The van der Waals surface area contributed by atoms with Crippen LogP contribution in [0.25, 0.3) is 0 Å². The van der Waals surface area contributed by atoms with Gasteiger partial charge < -0.3 is 26.2 Å². The molecule has 0 unspecified atom stereocenters. The lowest BCUT2D eigenvalue weighted by Gasteiger charge is -2.26. The van der Waals surface area contributed by atoms with Gasteiger partial charge in [0.1, 0.15) is 17.1 Å². The predicted molar refractivity (Wildman–Crippen MR) is 172 cm³/mol. The molecule has 0 aliphatic rings. The second-order valence-electron chi connectivity index (χ2n) is 9.51. The minimum Gasteiger partial charge on any atom is -0.388 e. The van der Waals surface area contributed by atoms with E-state index in [9.17, 15) is 0 Å². The molecule has 5 N–H and O–H groups in total. The largest absolute Gasteiger partial charge is 0.388 e. The fourth-order valence-corrected chi connectivity index (χ4v) is 4.89. The summed E-state index contributed by atoms with van der Waals surface area (Å²) in [7, 11) is 7.77. The molecule has 6 nitrogen and oxygen atoms in total. The van der Waals surface area contributed by atoms with Crippen molar-refractivity contribution in [3.05, 3.63) is 121 Å². The maximum Gasteiger partial charge on any atom is 0.141 e. The van der Waals surface area contributed by atoms with Gasteiger partial charge in [-0.3, -0.25) is 0 Å². The molecule has 0 saturated carbocycles. The fraction of sp³-hybridized carbons (Fsp3) is 0.118. The van der Waals surface area contributed by atoms with Crippen molar-refractivity contribution in [3.63, 3.8) is 0 Å². The molecule has 0 fully saturated rings. The average molecular weight is 530 g/mol. The normalized spacial score (nSPS) is 10.7. The zero-order valence-corrected chi connectivity index (χ0v) is 23.5. The van der Waals surface area contributed by atoms with E-state index in [4.69, 9.17) is 0 Å². The van der Waals surface area contributed by atoms with Crippen molar-refractivity contribution in [1.82, 2.24) is 0 Å². The maximum atomic E-state index is 3.22. The lowest BCUT2D eigenvalue weighted by atomic mass is 10.1. The van der Waals surface area contributed by atoms with Crippen LogP contribution in [0.1, 0.15) is 0 Å². The molecule has 0 heterocycles. The first kappa shape index (κ1) is 26.7. The molecule has 5 aromatic rings. The molecule has 0 radical (unpaired) electrons. The van der Waals surface area contributed by atoms with Crippen LogP contribution in [-0.4, -0.2) is 28.2 Å². The third-order valence-corrected chi connectivity index (χ3v) is 7.17. The minimum atomic E-state index is 1.08. The minimum absolute atomic E-state index is 1.08. The molecule has 0 saturated heterocycles. The molecule has 0 aromatic heterocycles. The Morgan fingerprint density at radius 3 is 0.850 bits per heavy atom. The van der Waals surface area contributed by atoms with E-state index < -0.39 is 0 Å². The Morgan fingerprint density at radius 2 is 0.575 bits per heavy atom. The Kier molecular flexibility index (Phi) is 8.18. The van der Waals surface area contributed by atoms with E-state index in [0.717, 1.165) is 45.5 Å². The van der Waals surface area contributed by atoms with Crippen molar-refractivity contribution in [2.75, 3.05) is 54.4 Å². The second-order valence-corrected chi connectivity index (χ2v) is 9.51. The fourth-order valence-electron chi connectivity index (χ4n) is 4.89. The lowest BCUT2D eigenvalue weighted by molar-refractivity contribution is -0.681. The Morgan fingerprint density at radius 1 is 0.350 bits per heavy atom. The molecule has 0 aliphatic heterocycles. The van der Waals surface area contributed by atoms with Gasteiger partial charge in [-0.15, -0.1) is 0 Å². The molecule has 40 heavy (non-hydrogen) atoms. The van der Waals surface area contributed by atoms with Crippen molar-refractivity contribution in [2.24, 2.45) is 0 Å². The highest BCUT2D eigenvalue weighted by molar-refractivity contribution is 5.78. The first-order valence-electron chi connectivity index (χ1n) is 13.5. The molecule has 5 aromatic carbocycles. The lowest BCUT2D eigenvalue weighted by Crippen LogP contribution is -2.96. The van der Waals surface area contributed by atoms with Crippen LogP contribution >= 0.6 is 0 Å². The summed E-state index contributed by atoms with van der Waals surface area (Å²) >= 11 is 0. The summed E-state index contributed by atoms with van der Waals surface area (Å²) in [4.78, 5) is 3.48. The van der Waals surface area contributed by atoms with Gasteiger partial charge in [-0.05, 0) is 84.9 Å². The number of hydrogen-bond acceptors (Lipinski definition) is 5. The van der Waals surface area contributed by atoms with E-state index in [-0.39, 0.29) is 0 Å². The van der Waals surface area contributed by atoms with E-state index in [1.165, 1.54) is 16.3 Å². The van der Waals surface area contributed by atoms with Crippen molar-refractivity contribution in [3.8, 4) is 0 Å². The van der Waals surface area contributed by atoms with Crippen LogP contribution in [0.5, 0.6) is 0 Å². The van der Waals surface area contributed by atoms with Crippen molar-refractivity contribution in [1.29, 1.82) is 0 Å². The second kappa shape index (κ2) is 12.3. The Labute approximate surface area is 237 Å². The van der Waals surface area contributed by atoms with Gasteiger partial charge in [0.2, 0.25) is 0 Å². The number of rotatable bonds is 10. The number of benzene rings is 5. The zero-order valence-electron chi connectivity index (χ0n) is 23.5. The van der Waals surface area contributed by atoms with Gasteiger partial charge in [-0.2, -0.15) is 0 Å². The highest BCUT2D eigenvalue weighted by Gasteiger charge is 2.20. The molecule has 202 valence electrons. The van der Waals surface area contributed by atoms with Gasteiger partial charge >= 0.3 is 0 Å². The average Bonchev–Trinajstić information content (AvgIpc) is 3.03. The van der Waals surface area contributed by atoms with Crippen molar-refractivity contribution in [2.45, 2.75) is 0 Å². The Bertz CT molecular complexity index is 1280. The van der Waals surface area contributed by atoms with Crippen LogP contribution in [0.3, 0.4) is 0 Å². The molecule has 0 bridgehead atoms. The summed E-state index contributed by atoms with van der Waals surface area (Å²) in [5.74, 6) is 0. The molecule has 0 atom stereocenters. The number of anilines is 7. The molecule has 5 rings (SSSR count). The molecule has 0 amide bonds. The van der Waals surface area contributed by atoms with Gasteiger partial charge in [0.05, 0.1) is 0 Å². The van der Waals surface area contributed by atoms with E-state index in [1.807, 2.05) is 28.2 Å².